The molecule has 0 saturated carbocycles. The summed E-state index contributed by atoms with van der Waals surface area (Å²) in [4.78, 5) is 4.20. The fourth-order valence-corrected chi connectivity index (χ4v) is 2.28. The molecule has 2 rings (SSSR count). The number of terminal acetylenes is 1. The fourth-order valence-electron chi connectivity index (χ4n) is 2.28. The van der Waals surface area contributed by atoms with Crippen LogP contribution in [0.5, 0.6) is 23.3 Å². The lowest BCUT2D eigenvalue weighted by molar-refractivity contribution is 0.165. The van der Waals surface area contributed by atoms with Gasteiger partial charge in [0.2, 0.25) is 11.8 Å². The van der Waals surface area contributed by atoms with Crippen LogP contribution >= 0.6 is 0 Å². The number of hydrogen-bond donors (Lipinski definition) is 0. The zero-order valence-corrected chi connectivity index (χ0v) is 15.8. The van der Waals surface area contributed by atoms with E-state index in [9.17, 15) is 0 Å². The lowest BCUT2D eigenvalue weighted by Crippen LogP contribution is -2.25. The summed E-state index contributed by atoms with van der Waals surface area (Å²) in [6.45, 7) is 7.81. The Balaban J connectivity index is 2.45. The SMILES string of the molecule is C#CC(C)(C)Oc1cc(C(=C)c2cc(OC)nc(OC)c2)ccc1OC. The first-order chi connectivity index (χ1) is 12.3. The van der Waals surface area contributed by atoms with Gasteiger partial charge in [0.05, 0.1) is 21.3 Å². The number of nitrogens with zero attached hydrogens (tertiary/aromatic N) is 1. The van der Waals surface area contributed by atoms with Crippen LogP contribution in [0.4, 0.5) is 0 Å². The van der Waals surface area contributed by atoms with Crippen LogP contribution in [0.25, 0.3) is 5.57 Å². The Kier molecular flexibility index (Phi) is 5.78. The molecule has 0 N–H and O–H groups in total. The van der Waals surface area contributed by atoms with Gasteiger partial charge < -0.3 is 18.9 Å². The maximum atomic E-state index is 5.93. The molecule has 0 bridgehead atoms. The summed E-state index contributed by atoms with van der Waals surface area (Å²) >= 11 is 0. The highest BCUT2D eigenvalue weighted by Crippen LogP contribution is 2.35. The third-order valence-corrected chi connectivity index (χ3v) is 3.77. The Morgan fingerprint density at radius 1 is 0.962 bits per heavy atom. The molecule has 1 aromatic heterocycles. The van der Waals surface area contributed by atoms with Crippen LogP contribution in [0.1, 0.15) is 25.0 Å². The number of hydrogen-bond acceptors (Lipinski definition) is 5. The van der Waals surface area contributed by atoms with E-state index in [0.29, 0.717) is 23.3 Å². The highest BCUT2D eigenvalue weighted by Gasteiger charge is 2.19. The Hall–Kier alpha value is -3.13. The molecular weight excluding hydrogens is 330 g/mol. The highest BCUT2D eigenvalue weighted by molar-refractivity contribution is 5.80. The molecule has 0 fully saturated rings. The molecule has 26 heavy (non-hydrogen) atoms. The van der Waals surface area contributed by atoms with Crippen LogP contribution in [0, 0.1) is 12.3 Å². The molecule has 2 aromatic rings. The number of pyridine rings is 1. The summed E-state index contributed by atoms with van der Waals surface area (Å²) in [5.41, 5.74) is 1.66. The van der Waals surface area contributed by atoms with Gasteiger partial charge in [-0.3, -0.25) is 0 Å². The third-order valence-electron chi connectivity index (χ3n) is 3.77. The van der Waals surface area contributed by atoms with Crippen molar-refractivity contribution >= 4 is 5.57 Å². The van der Waals surface area contributed by atoms with Gasteiger partial charge in [-0.15, -0.1) is 6.42 Å². The standard InChI is InChI=1S/C21H23NO4/c1-8-21(3,4)26-18-11-15(9-10-17(18)23-5)14(2)16-12-19(24-6)22-20(13-16)25-7/h1,9-13H,2H2,3-7H3. The Morgan fingerprint density at radius 3 is 2.08 bits per heavy atom. The van der Waals surface area contributed by atoms with E-state index in [1.807, 2.05) is 32.0 Å². The zero-order chi connectivity index (χ0) is 19.3. The van der Waals surface area contributed by atoms with Crippen molar-refractivity contribution in [1.82, 2.24) is 4.98 Å². The molecule has 0 radical (unpaired) electrons. The fraction of sp³-hybridized carbons (Fsp3) is 0.286. The monoisotopic (exact) mass is 353 g/mol. The van der Waals surface area contributed by atoms with Crippen LogP contribution in [0.3, 0.4) is 0 Å². The predicted molar refractivity (Wildman–Crippen MR) is 102 cm³/mol. The molecule has 5 nitrogen and oxygen atoms in total. The molecule has 1 aromatic carbocycles. The summed E-state index contributed by atoms with van der Waals surface area (Å²) in [5.74, 6) is 4.63. The molecule has 0 amide bonds. The zero-order valence-electron chi connectivity index (χ0n) is 15.8. The van der Waals surface area contributed by atoms with Crippen LogP contribution in [0.2, 0.25) is 0 Å². The minimum atomic E-state index is -0.768. The summed E-state index contributed by atoms with van der Waals surface area (Å²) in [5, 5.41) is 0. The van der Waals surface area contributed by atoms with E-state index < -0.39 is 5.60 Å². The predicted octanol–water partition coefficient (Wildman–Crippen LogP) is 3.96. The first kappa shape index (κ1) is 19.2. The maximum Gasteiger partial charge on any atom is 0.216 e. The largest absolute Gasteiger partial charge is 0.493 e. The molecule has 0 aliphatic heterocycles. The molecule has 0 unspecified atom stereocenters. The molecule has 0 aliphatic carbocycles. The van der Waals surface area contributed by atoms with Crippen molar-refractivity contribution in [2.45, 2.75) is 19.4 Å². The van der Waals surface area contributed by atoms with Gasteiger partial charge in [-0.05, 0) is 42.7 Å². The van der Waals surface area contributed by atoms with Crippen molar-refractivity contribution in [3.8, 4) is 35.6 Å². The number of rotatable bonds is 7. The second kappa shape index (κ2) is 7.83. The van der Waals surface area contributed by atoms with Crippen LogP contribution in [0.15, 0.2) is 36.9 Å². The Labute approximate surface area is 154 Å². The molecule has 5 heteroatoms. The van der Waals surface area contributed by atoms with Gasteiger partial charge in [0.25, 0.3) is 0 Å². The van der Waals surface area contributed by atoms with E-state index in [-0.39, 0.29) is 0 Å². The molecule has 1 heterocycles. The van der Waals surface area contributed by atoms with Crippen molar-refractivity contribution in [3.63, 3.8) is 0 Å². The number of aromatic nitrogens is 1. The van der Waals surface area contributed by atoms with E-state index in [2.05, 4.69) is 17.5 Å². The van der Waals surface area contributed by atoms with Gasteiger partial charge in [0.1, 0.15) is 0 Å². The van der Waals surface area contributed by atoms with Crippen LogP contribution in [-0.2, 0) is 0 Å². The van der Waals surface area contributed by atoms with Crippen molar-refractivity contribution in [1.29, 1.82) is 0 Å². The van der Waals surface area contributed by atoms with Gasteiger partial charge in [-0.1, -0.05) is 18.6 Å². The summed E-state index contributed by atoms with van der Waals surface area (Å²) < 4.78 is 21.8. The van der Waals surface area contributed by atoms with E-state index in [1.165, 1.54) is 0 Å². The van der Waals surface area contributed by atoms with Gasteiger partial charge in [0, 0.05) is 12.1 Å². The maximum absolute atomic E-state index is 5.93. The average molecular weight is 353 g/mol. The smallest absolute Gasteiger partial charge is 0.216 e. The molecule has 136 valence electrons. The molecule has 0 saturated heterocycles. The van der Waals surface area contributed by atoms with Crippen molar-refractivity contribution in [2.24, 2.45) is 0 Å². The van der Waals surface area contributed by atoms with Crippen molar-refractivity contribution < 1.29 is 18.9 Å². The normalized spacial score (nSPS) is 10.6. The second-order valence-electron chi connectivity index (χ2n) is 6.04. The first-order valence-electron chi connectivity index (χ1n) is 7.98. The molecule has 0 spiro atoms. The lowest BCUT2D eigenvalue weighted by atomic mass is 9.99. The van der Waals surface area contributed by atoms with E-state index in [4.69, 9.17) is 25.4 Å². The molecular formula is C21H23NO4. The minimum Gasteiger partial charge on any atom is -0.493 e. The van der Waals surface area contributed by atoms with Gasteiger partial charge in [-0.2, -0.15) is 4.98 Å². The minimum absolute atomic E-state index is 0.443. The summed E-state index contributed by atoms with van der Waals surface area (Å²) in [7, 11) is 4.68. The number of benzene rings is 1. The van der Waals surface area contributed by atoms with Gasteiger partial charge in [0.15, 0.2) is 17.1 Å². The van der Waals surface area contributed by atoms with E-state index in [0.717, 1.165) is 16.7 Å². The van der Waals surface area contributed by atoms with Crippen LogP contribution < -0.4 is 18.9 Å². The lowest BCUT2D eigenvalue weighted by Gasteiger charge is -2.22. The van der Waals surface area contributed by atoms with E-state index in [1.54, 1.807) is 33.5 Å². The number of methoxy groups -OCH3 is 3. The second-order valence-corrected chi connectivity index (χ2v) is 6.04. The van der Waals surface area contributed by atoms with E-state index >= 15 is 0 Å². The van der Waals surface area contributed by atoms with Gasteiger partial charge >= 0.3 is 0 Å². The van der Waals surface area contributed by atoms with Crippen molar-refractivity contribution in [2.75, 3.05) is 21.3 Å². The third kappa shape index (κ3) is 4.28. The summed E-state index contributed by atoms with van der Waals surface area (Å²) in [6.07, 6.45) is 5.53. The number of ether oxygens (including phenoxy) is 4. The Morgan fingerprint density at radius 2 is 1.58 bits per heavy atom. The first-order valence-corrected chi connectivity index (χ1v) is 7.98. The highest BCUT2D eigenvalue weighted by atomic mass is 16.5. The van der Waals surface area contributed by atoms with Crippen molar-refractivity contribution in [3.05, 3.63) is 48.0 Å². The topological polar surface area (TPSA) is 49.8 Å². The average Bonchev–Trinajstić information content (AvgIpc) is 2.66. The molecule has 0 aliphatic rings. The quantitative estimate of drug-likeness (QED) is 0.705. The Bertz CT molecular complexity index is 827. The van der Waals surface area contributed by atoms with Gasteiger partial charge in [-0.25, -0.2) is 0 Å². The summed E-state index contributed by atoms with van der Waals surface area (Å²) in [6, 6.07) is 9.15. The molecule has 0 atom stereocenters. The van der Waals surface area contributed by atoms with Crippen LogP contribution in [-0.4, -0.2) is 31.9 Å².